The Bertz CT molecular complexity index is 1180. The molecule has 174 valence electrons. The molecule has 3 aromatic carbocycles. The van der Waals surface area contributed by atoms with E-state index in [2.05, 4.69) is 5.32 Å². The molecule has 0 aliphatic carbocycles. The molecule has 0 unspecified atom stereocenters. The number of hydrogen-bond acceptors (Lipinski definition) is 5. The fraction of sp³-hybridized carbons (Fsp3) is 0.208. The number of benzene rings is 3. The normalized spacial score (nSPS) is 12.0. The van der Waals surface area contributed by atoms with E-state index in [1.165, 1.54) is 43.5 Å². The molecule has 0 saturated heterocycles. The van der Waals surface area contributed by atoms with E-state index in [0.717, 1.165) is 22.0 Å². The van der Waals surface area contributed by atoms with Gasteiger partial charge in [-0.2, -0.15) is 0 Å². The van der Waals surface area contributed by atoms with Crippen molar-refractivity contribution in [3.8, 4) is 11.5 Å². The van der Waals surface area contributed by atoms with Gasteiger partial charge < -0.3 is 14.8 Å². The van der Waals surface area contributed by atoms with Crippen molar-refractivity contribution in [3.05, 3.63) is 84.2 Å². The highest BCUT2D eigenvalue weighted by molar-refractivity contribution is 7.92. The molecule has 0 saturated carbocycles. The van der Waals surface area contributed by atoms with Crippen molar-refractivity contribution in [2.45, 2.75) is 17.9 Å². The predicted molar refractivity (Wildman–Crippen MR) is 123 cm³/mol. The minimum Gasteiger partial charge on any atom is -0.497 e. The van der Waals surface area contributed by atoms with Gasteiger partial charge in [-0.25, -0.2) is 12.8 Å². The zero-order chi connectivity index (χ0) is 24.0. The number of sulfonamides is 1. The molecule has 0 heterocycles. The van der Waals surface area contributed by atoms with Crippen LogP contribution in [0.15, 0.2) is 77.7 Å². The van der Waals surface area contributed by atoms with Crippen LogP contribution in [0.4, 0.5) is 10.1 Å². The molecule has 0 fully saturated rings. The summed E-state index contributed by atoms with van der Waals surface area (Å²) in [5.41, 5.74) is 0.995. The van der Waals surface area contributed by atoms with Crippen LogP contribution in [-0.4, -0.2) is 35.1 Å². The van der Waals surface area contributed by atoms with E-state index in [4.69, 9.17) is 9.47 Å². The molecular formula is C24H25FN2O5S. The molecule has 3 aromatic rings. The maximum Gasteiger partial charge on any atom is 0.264 e. The first kappa shape index (κ1) is 24.1. The lowest BCUT2D eigenvalue weighted by Crippen LogP contribution is -2.41. The minimum absolute atomic E-state index is 0.0244. The van der Waals surface area contributed by atoms with Gasteiger partial charge in [-0.05, 0) is 73.2 Å². The molecule has 1 atom stereocenters. The monoisotopic (exact) mass is 472 g/mol. The van der Waals surface area contributed by atoms with Gasteiger partial charge in [-0.1, -0.05) is 12.1 Å². The molecule has 7 nitrogen and oxygen atoms in total. The molecule has 33 heavy (non-hydrogen) atoms. The molecule has 0 aliphatic rings. The third-order valence-corrected chi connectivity index (χ3v) is 6.83. The Morgan fingerprint density at radius 1 is 0.909 bits per heavy atom. The standard InChI is InChI=1S/C24H25FN2O5S/c1-17(18-4-10-21(31-2)11-5-18)26-24(28)16-27(20-8-6-19(25)7-9-20)33(29,30)23-14-12-22(32-3)13-15-23/h4-15,17H,16H2,1-3H3,(H,26,28)/t17-/m0/s1. The van der Waals surface area contributed by atoms with Gasteiger partial charge in [0.2, 0.25) is 5.91 Å². The van der Waals surface area contributed by atoms with Crippen molar-refractivity contribution in [3.63, 3.8) is 0 Å². The van der Waals surface area contributed by atoms with Crippen LogP contribution in [0, 0.1) is 5.82 Å². The number of amides is 1. The molecule has 3 rings (SSSR count). The van der Waals surface area contributed by atoms with Crippen LogP contribution >= 0.6 is 0 Å². The Balaban J connectivity index is 1.86. The van der Waals surface area contributed by atoms with E-state index in [9.17, 15) is 17.6 Å². The molecular weight excluding hydrogens is 447 g/mol. The second kappa shape index (κ2) is 10.4. The summed E-state index contributed by atoms with van der Waals surface area (Å²) >= 11 is 0. The Morgan fingerprint density at radius 3 is 1.94 bits per heavy atom. The molecule has 0 aromatic heterocycles. The first-order valence-electron chi connectivity index (χ1n) is 10.1. The molecule has 1 amide bonds. The fourth-order valence-electron chi connectivity index (χ4n) is 3.19. The topological polar surface area (TPSA) is 84.9 Å². The second-order valence-electron chi connectivity index (χ2n) is 7.23. The average Bonchev–Trinajstić information content (AvgIpc) is 2.83. The van der Waals surface area contributed by atoms with E-state index < -0.39 is 28.3 Å². The van der Waals surface area contributed by atoms with Gasteiger partial charge in [-0.15, -0.1) is 0 Å². The maximum absolute atomic E-state index is 13.5. The van der Waals surface area contributed by atoms with Crippen LogP contribution in [0.5, 0.6) is 11.5 Å². The van der Waals surface area contributed by atoms with Gasteiger partial charge in [0.15, 0.2) is 0 Å². The van der Waals surface area contributed by atoms with Gasteiger partial charge in [0.25, 0.3) is 10.0 Å². The SMILES string of the molecule is COc1ccc([C@H](C)NC(=O)CN(c2ccc(F)cc2)S(=O)(=O)c2ccc(OC)cc2)cc1. The third kappa shape index (κ3) is 5.81. The number of nitrogens with zero attached hydrogens (tertiary/aromatic N) is 1. The summed E-state index contributed by atoms with van der Waals surface area (Å²) in [7, 11) is -1.08. The number of halogens is 1. The third-order valence-electron chi connectivity index (χ3n) is 5.04. The molecule has 0 radical (unpaired) electrons. The summed E-state index contributed by atoms with van der Waals surface area (Å²) in [4.78, 5) is 12.8. The number of nitrogens with one attached hydrogen (secondary N) is 1. The highest BCUT2D eigenvalue weighted by Gasteiger charge is 2.28. The van der Waals surface area contributed by atoms with Crippen molar-refractivity contribution in [2.24, 2.45) is 0 Å². The van der Waals surface area contributed by atoms with E-state index >= 15 is 0 Å². The van der Waals surface area contributed by atoms with Crippen molar-refractivity contribution >= 4 is 21.6 Å². The Hall–Kier alpha value is -3.59. The van der Waals surface area contributed by atoms with E-state index in [1.807, 2.05) is 12.1 Å². The predicted octanol–water partition coefficient (Wildman–Crippen LogP) is 3.92. The maximum atomic E-state index is 13.5. The molecule has 0 spiro atoms. The summed E-state index contributed by atoms with van der Waals surface area (Å²) in [5, 5.41) is 2.81. The first-order chi connectivity index (χ1) is 15.7. The number of carbonyl (C=O) groups is 1. The van der Waals surface area contributed by atoms with Gasteiger partial charge in [0, 0.05) is 0 Å². The smallest absolute Gasteiger partial charge is 0.264 e. The number of hydrogen-bond donors (Lipinski definition) is 1. The summed E-state index contributed by atoms with van der Waals surface area (Å²) < 4.78 is 51.4. The van der Waals surface area contributed by atoms with Gasteiger partial charge in [0.1, 0.15) is 23.9 Å². The molecule has 9 heteroatoms. The van der Waals surface area contributed by atoms with Crippen molar-refractivity contribution < 1.29 is 27.1 Å². The highest BCUT2D eigenvalue weighted by atomic mass is 32.2. The van der Waals surface area contributed by atoms with Crippen LogP contribution in [0.25, 0.3) is 0 Å². The lowest BCUT2D eigenvalue weighted by molar-refractivity contribution is -0.120. The van der Waals surface area contributed by atoms with Crippen LogP contribution in [0.1, 0.15) is 18.5 Å². The Labute approximate surface area is 192 Å². The molecule has 0 bridgehead atoms. The number of carbonyl (C=O) groups excluding carboxylic acids is 1. The fourth-order valence-corrected chi connectivity index (χ4v) is 4.61. The van der Waals surface area contributed by atoms with Crippen LogP contribution in [0.2, 0.25) is 0 Å². The highest BCUT2D eigenvalue weighted by Crippen LogP contribution is 2.26. The lowest BCUT2D eigenvalue weighted by atomic mass is 10.1. The summed E-state index contributed by atoms with van der Waals surface area (Å²) in [5.74, 6) is 0.150. The Morgan fingerprint density at radius 2 is 1.42 bits per heavy atom. The van der Waals surface area contributed by atoms with Gasteiger partial charge in [-0.3, -0.25) is 9.10 Å². The van der Waals surface area contributed by atoms with E-state index in [0.29, 0.717) is 11.5 Å². The van der Waals surface area contributed by atoms with Gasteiger partial charge in [0.05, 0.1) is 30.8 Å². The lowest BCUT2D eigenvalue weighted by Gasteiger charge is -2.25. The number of methoxy groups -OCH3 is 2. The first-order valence-corrected chi connectivity index (χ1v) is 11.5. The Kier molecular flexibility index (Phi) is 7.55. The quantitative estimate of drug-likeness (QED) is 0.510. The number of rotatable bonds is 9. The zero-order valence-corrected chi connectivity index (χ0v) is 19.3. The van der Waals surface area contributed by atoms with Crippen molar-refractivity contribution in [1.29, 1.82) is 0 Å². The molecule has 0 aliphatic heterocycles. The number of ether oxygens (including phenoxy) is 2. The van der Waals surface area contributed by atoms with E-state index in [1.54, 1.807) is 26.2 Å². The minimum atomic E-state index is -4.12. The van der Waals surface area contributed by atoms with Crippen LogP contribution in [-0.2, 0) is 14.8 Å². The van der Waals surface area contributed by atoms with Crippen LogP contribution in [0.3, 0.4) is 0 Å². The summed E-state index contributed by atoms with van der Waals surface area (Å²) in [6, 6.07) is 17.5. The van der Waals surface area contributed by atoms with Gasteiger partial charge >= 0.3 is 0 Å². The molecule has 1 N–H and O–H groups in total. The largest absolute Gasteiger partial charge is 0.497 e. The summed E-state index contributed by atoms with van der Waals surface area (Å²) in [6.45, 7) is 1.31. The average molecular weight is 473 g/mol. The zero-order valence-electron chi connectivity index (χ0n) is 18.5. The number of anilines is 1. The van der Waals surface area contributed by atoms with Crippen molar-refractivity contribution in [1.82, 2.24) is 5.32 Å². The van der Waals surface area contributed by atoms with Crippen LogP contribution < -0.4 is 19.1 Å². The summed E-state index contributed by atoms with van der Waals surface area (Å²) in [6.07, 6.45) is 0. The van der Waals surface area contributed by atoms with E-state index in [-0.39, 0.29) is 16.6 Å². The van der Waals surface area contributed by atoms with Crippen molar-refractivity contribution in [2.75, 3.05) is 25.1 Å². The second-order valence-corrected chi connectivity index (χ2v) is 9.09.